The average molecular weight is 360 g/mol. The van der Waals surface area contributed by atoms with Crippen LogP contribution >= 0.6 is 23.2 Å². The minimum Gasteiger partial charge on any atom is -0.495 e. The minimum atomic E-state index is -3.73. The van der Waals surface area contributed by atoms with Crippen LogP contribution in [-0.2, 0) is 10.0 Å². The largest absolute Gasteiger partial charge is 0.495 e. The molecule has 0 N–H and O–H groups in total. The first-order valence-electron chi connectivity index (χ1n) is 6.52. The first kappa shape index (κ1) is 16.9. The number of methoxy groups -OCH3 is 1. The molecule has 2 aromatic carbocycles. The van der Waals surface area contributed by atoms with Crippen molar-refractivity contribution >= 4 is 38.9 Å². The average Bonchev–Trinajstić information content (AvgIpc) is 2.47. The van der Waals surface area contributed by atoms with Crippen LogP contribution in [0.5, 0.6) is 5.75 Å². The summed E-state index contributed by atoms with van der Waals surface area (Å²) in [6, 6.07) is 11.1. The topological polar surface area (TPSA) is 46.6 Å². The van der Waals surface area contributed by atoms with Gasteiger partial charge in [-0.15, -0.1) is 0 Å². The lowest BCUT2D eigenvalue weighted by atomic mass is 10.3. The van der Waals surface area contributed by atoms with E-state index in [1.54, 1.807) is 31.2 Å². The van der Waals surface area contributed by atoms with E-state index in [-0.39, 0.29) is 16.5 Å². The Morgan fingerprint density at radius 1 is 1.14 bits per heavy atom. The number of sulfonamides is 1. The second-order valence-corrected chi connectivity index (χ2v) is 7.15. The van der Waals surface area contributed by atoms with Gasteiger partial charge in [0.1, 0.15) is 5.75 Å². The summed E-state index contributed by atoms with van der Waals surface area (Å²) >= 11 is 12.0. The Labute approximate surface area is 140 Å². The summed E-state index contributed by atoms with van der Waals surface area (Å²) in [5.74, 6) is 0.423. The molecule has 0 radical (unpaired) electrons. The second-order valence-electron chi connectivity index (χ2n) is 4.45. The van der Waals surface area contributed by atoms with Gasteiger partial charge in [0.25, 0.3) is 10.0 Å². The monoisotopic (exact) mass is 359 g/mol. The predicted molar refractivity (Wildman–Crippen MR) is 89.7 cm³/mol. The van der Waals surface area contributed by atoms with Crippen LogP contribution in [0.4, 0.5) is 5.69 Å². The number of rotatable bonds is 5. The molecular weight excluding hydrogens is 345 g/mol. The predicted octanol–water partition coefficient (Wildman–Crippen LogP) is 4.22. The van der Waals surface area contributed by atoms with Crippen molar-refractivity contribution in [1.29, 1.82) is 0 Å². The van der Waals surface area contributed by atoms with Gasteiger partial charge in [0.15, 0.2) is 0 Å². The van der Waals surface area contributed by atoms with Crippen molar-refractivity contribution in [1.82, 2.24) is 0 Å². The molecule has 0 aliphatic rings. The molecule has 0 heterocycles. The molecule has 0 saturated carbocycles. The first-order chi connectivity index (χ1) is 10.4. The molecule has 4 nitrogen and oxygen atoms in total. The van der Waals surface area contributed by atoms with Crippen LogP contribution < -0.4 is 9.04 Å². The normalized spacial score (nSPS) is 11.3. The molecule has 0 amide bonds. The maximum absolute atomic E-state index is 12.8. The van der Waals surface area contributed by atoms with E-state index in [0.29, 0.717) is 16.5 Å². The zero-order valence-corrected chi connectivity index (χ0v) is 14.4. The molecule has 0 spiro atoms. The standard InChI is InChI=1S/C15H15Cl2NO3S/c1-3-18(12-6-4-5-11(16)9-12)22(19,20)13-7-8-15(21-2)14(17)10-13/h4-10H,3H2,1-2H3. The van der Waals surface area contributed by atoms with Crippen molar-refractivity contribution in [3.63, 3.8) is 0 Å². The zero-order chi connectivity index (χ0) is 16.3. The van der Waals surface area contributed by atoms with E-state index in [4.69, 9.17) is 27.9 Å². The molecule has 0 bridgehead atoms. The molecule has 0 aliphatic heterocycles. The van der Waals surface area contributed by atoms with Gasteiger partial charge in [-0.1, -0.05) is 29.3 Å². The van der Waals surface area contributed by atoms with E-state index in [0.717, 1.165) is 0 Å². The highest BCUT2D eigenvalue weighted by Crippen LogP contribution is 2.30. The maximum atomic E-state index is 12.8. The lowest BCUT2D eigenvalue weighted by Gasteiger charge is -2.23. The summed E-state index contributed by atoms with van der Waals surface area (Å²) in [6.45, 7) is 2.02. The summed E-state index contributed by atoms with van der Waals surface area (Å²) in [5, 5.41) is 0.713. The molecule has 0 atom stereocenters. The van der Waals surface area contributed by atoms with Gasteiger partial charge >= 0.3 is 0 Å². The number of anilines is 1. The SMILES string of the molecule is CCN(c1cccc(Cl)c1)S(=O)(=O)c1ccc(OC)c(Cl)c1. The quantitative estimate of drug-likeness (QED) is 0.802. The van der Waals surface area contributed by atoms with Gasteiger partial charge in [-0.2, -0.15) is 0 Å². The molecular formula is C15H15Cl2NO3S. The number of hydrogen-bond acceptors (Lipinski definition) is 3. The zero-order valence-electron chi connectivity index (χ0n) is 12.1. The third kappa shape index (κ3) is 3.32. The van der Waals surface area contributed by atoms with E-state index in [1.165, 1.54) is 29.6 Å². The van der Waals surface area contributed by atoms with Gasteiger partial charge in [-0.25, -0.2) is 8.42 Å². The highest BCUT2D eigenvalue weighted by atomic mass is 35.5. The smallest absolute Gasteiger partial charge is 0.264 e. The van der Waals surface area contributed by atoms with E-state index in [9.17, 15) is 8.42 Å². The van der Waals surface area contributed by atoms with E-state index in [2.05, 4.69) is 0 Å². The van der Waals surface area contributed by atoms with E-state index in [1.807, 2.05) is 0 Å². The number of hydrogen-bond donors (Lipinski definition) is 0. The lowest BCUT2D eigenvalue weighted by molar-refractivity contribution is 0.414. The van der Waals surface area contributed by atoms with E-state index < -0.39 is 10.0 Å². The summed E-state index contributed by atoms with van der Waals surface area (Å²) in [7, 11) is -2.26. The molecule has 0 aliphatic carbocycles. The molecule has 2 rings (SSSR count). The van der Waals surface area contributed by atoms with Crippen molar-refractivity contribution in [2.24, 2.45) is 0 Å². The van der Waals surface area contributed by atoms with Crippen LogP contribution in [0.2, 0.25) is 10.0 Å². The minimum absolute atomic E-state index is 0.0973. The Bertz CT molecular complexity index is 778. The van der Waals surface area contributed by atoms with Crippen LogP contribution in [-0.4, -0.2) is 22.1 Å². The number of halogens is 2. The van der Waals surface area contributed by atoms with Crippen LogP contribution in [0.25, 0.3) is 0 Å². The highest BCUT2D eigenvalue weighted by Gasteiger charge is 2.24. The van der Waals surface area contributed by atoms with Gasteiger partial charge in [0.05, 0.1) is 22.7 Å². The number of nitrogens with zero attached hydrogens (tertiary/aromatic N) is 1. The van der Waals surface area contributed by atoms with Crippen molar-refractivity contribution in [3.8, 4) is 5.75 Å². The van der Waals surface area contributed by atoms with E-state index >= 15 is 0 Å². The number of ether oxygens (including phenoxy) is 1. The number of benzene rings is 2. The Morgan fingerprint density at radius 2 is 1.86 bits per heavy atom. The summed E-state index contributed by atoms with van der Waals surface area (Å²) in [5.41, 5.74) is 0.502. The van der Waals surface area contributed by atoms with Gasteiger partial charge in [0.2, 0.25) is 0 Å². The first-order valence-corrected chi connectivity index (χ1v) is 8.71. The van der Waals surface area contributed by atoms with Crippen LogP contribution in [0.1, 0.15) is 6.92 Å². The van der Waals surface area contributed by atoms with Crippen molar-refractivity contribution in [2.75, 3.05) is 18.0 Å². The fourth-order valence-corrected chi connectivity index (χ4v) is 4.06. The molecule has 7 heteroatoms. The highest BCUT2D eigenvalue weighted by molar-refractivity contribution is 7.92. The Balaban J connectivity index is 2.49. The van der Waals surface area contributed by atoms with Crippen molar-refractivity contribution < 1.29 is 13.2 Å². The van der Waals surface area contributed by atoms with Crippen LogP contribution in [0.15, 0.2) is 47.4 Å². The lowest BCUT2D eigenvalue weighted by Crippen LogP contribution is -2.30. The molecule has 0 saturated heterocycles. The molecule has 0 aromatic heterocycles. The van der Waals surface area contributed by atoms with Gasteiger partial charge < -0.3 is 4.74 Å². The Hall–Kier alpha value is -1.43. The summed E-state index contributed by atoms with van der Waals surface area (Å²) in [4.78, 5) is 0.0973. The van der Waals surface area contributed by atoms with Gasteiger partial charge in [-0.3, -0.25) is 4.31 Å². The van der Waals surface area contributed by atoms with Gasteiger partial charge in [-0.05, 0) is 43.3 Å². The third-order valence-corrected chi connectivity index (χ3v) is 5.52. The molecule has 2 aromatic rings. The third-order valence-electron chi connectivity index (χ3n) is 3.09. The van der Waals surface area contributed by atoms with Crippen LogP contribution in [0, 0.1) is 0 Å². The molecule has 118 valence electrons. The Morgan fingerprint density at radius 3 is 2.41 bits per heavy atom. The maximum Gasteiger partial charge on any atom is 0.264 e. The fourth-order valence-electron chi connectivity index (χ4n) is 2.06. The molecule has 0 unspecified atom stereocenters. The summed E-state index contributed by atoms with van der Waals surface area (Å²) < 4.78 is 31.9. The second kappa shape index (κ2) is 6.77. The summed E-state index contributed by atoms with van der Waals surface area (Å²) in [6.07, 6.45) is 0. The van der Waals surface area contributed by atoms with Crippen molar-refractivity contribution in [3.05, 3.63) is 52.5 Å². The fraction of sp³-hybridized carbons (Fsp3) is 0.200. The molecule has 0 fully saturated rings. The van der Waals surface area contributed by atoms with Gasteiger partial charge in [0, 0.05) is 11.6 Å². The van der Waals surface area contributed by atoms with Crippen LogP contribution in [0.3, 0.4) is 0 Å². The Kier molecular flexibility index (Phi) is 5.21. The van der Waals surface area contributed by atoms with Crippen molar-refractivity contribution in [2.45, 2.75) is 11.8 Å². The molecule has 22 heavy (non-hydrogen) atoms.